The lowest BCUT2D eigenvalue weighted by molar-refractivity contribution is 0.568. The SMILES string of the molecule is C#Cc1ccc(-c2ccc(CCCNc3nc(-c4ccoc4)nc(C)c3C=C(C)C)cc2)cc1. The van der Waals surface area contributed by atoms with Crippen molar-refractivity contribution in [1.29, 1.82) is 0 Å². The minimum Gasteiger partial charge on any atom is -0.472 e. The summed E-state index contributed by atoms with van der Waals surface area (Å²) < 4.78 is 5.22. The van der Waals surface area contributed by atoms with Crippen molar-refractivity contribution < 1.29 is 4.42 Å². The number of anilines is 1. The molecule has 34 heavy (non-hydrogen) atoms. The van der Waals surface area contributed by atoms with Gasteiger partial charge in [-0.05, 0) is 68.5 Å². The number of nitrogens with one attached hydrogen (secondary N) is 1. The molecule has 0 atom stereocenters. The fourth-order valence-electron chi connectivity index (χ4n) is 3.82. The van der Waals surface area contributed by atoms with Crippen LogP contribution in [0.4, 0.5) is 5.82 Å². The molecule has 170 valence electrons. The second-order valence-electron chi connectivity index (χ2n) is 8.58. The molecule has 2 aromatic carbocycles. The lowest BCUT2D eigenvalue weighted by Crippen LogP contribution is -2.09. The van der Waals surface area contributed by atoms with Gasteiger partial charge in [-0.2, -0.15) is 0 Å². The highest BCUT2D eigenvalue weighted by molar-refractivity contribution is 5.69. The molecule has 0 saturated heterocycles. The monoisotopic (exact) mass is 447 g/mol. The van der Waals surface area contributed by atoms with E-state index in [1.807, 2.05) is 25.1 Å². The molecule has 2 heterocycles. The second kappa shape index (κ2) is 10.7. The Morgan fingerprint density at radius 3 is 2.29 bits per heavy atom. The van der Waals surface area contributed by atoms with E-state index in [0.29, 0.717) is 5.82 Å². The van der Waals surface area contributed by atoms with Gasteiger partial charge in [-0.15, -0.1) is 6.42 Å². The van der Waals surface area contributed by atoms with E-state index >= 15 is 0 Å². The molecule has 0 aliphatic heterocycles. The zero-order valence-electron chi connectivity index (χ0n) is 19.9. The molecule has 1 N–H and O–H groups in total. The van der Waals surface area contributed by atoms with Gasteiger partial charge < -0.3 is 9.73 Å². The number of rotatable bonds is 8. The molecule has 0 amide bonds. The Labute approximate surface area is 201 Å². The molecular formula is C30H29N3O. The molecule has 0 spiro atoms. The molecule has 0 unspecified atom stereocenters. The molecule has 4 nitrogen and oxygen atoms in total. The highest BCUT2D eigenvalue weighted by atomic mass is 16.3. The van der Waals surface area contributed by atoms with E-state index in [0.717, 1.165) is 47.6 Å². The first-order valence-corrected chi connectivity index (χ1v) is 11.5. The van der Waals surface area contributed by atoms with E-state index in [-0.39, 0.29) is 0 Å². The van der Waals surface area contributed by atoms with Crippen LogP contribution >= 0.6 is 0 Å². The summed E-state index contributed by atoms with van der Waals surface area (Å²) in [6.45, 7) is 7.01. The van der Waals surface area contributed by atoms with Crippen molar-refractivity contribution in [3.05, 3.63) is 95.1 Å². The Morgan fingerprint density at radius 1 is 0.971 bits per heavy atom. The average Bonchev–Trinajstić information content (AvgIpc) is 3.39. The van der Waals surface area contributed by atoms with Crippen LogP contribution in [-0.4, -0.2) is 16.5 Å². The molecule has 0 aliphatic rings. The zero-order chi connectivity index (χ0) is 23.9. The van der Waals surface area contributed by atoms with Crippen LogP contribution in [0.15, 0.2) is 77.1 Å². The predicted octanol–water partition coefficient (Wildman–Crippen LogP) is 7.16. The van der Waals surface area contributed by atoms with Gasteiger partial charge in [-0.3, -0.25) is 0 Å². The maximum Gasteiger partial charge on any atom is 0.165 e. The van der Waals surface area contributed by atoms with E-state index in [4.69, 9.17) is 15.8 Å². The van der Waals surface area contributed by atoms with Crippen molar-refractivity contribution in [3.63, 3.8) is 0 Å². The second-order valence-corrected chi connectivity index (χ2v) is 8.58. The summed E-state index contributed by atoms with van der Waals surface area (Å²) in [5.41, 5.74) is 8.65. The Morgan fingerprint density at radius 2 is 1.68 bits per heavy atom. The molecule has 4 aromatic rings. The fraction of sp³-hybridized carbons (Fsp3) is 0.200. The Balaban J connectivity index is 1.41. The third-order valence-electron chi connectivity index (χ3n) is 5.62. The number of hydrogen-bond donors (Lipinski definition) is 1. The van der Waals surface area contributed by atoms with Crippen molar-refractivity contribution in [2.24, 2.45) is 0 Å². The van der Waals surface area contributed by atoms with E-state index in [1.54, 1.807) is 12.5 Å². The predicted molar refractivity (Wildman–Crippen MR) is 140 cm³/mol. The summed E-state index contributed by atoms with van der Waals surface area (Å²) in [5, 5.41) is 3.54. The van der Waals surface area contributed by atoms with Crippen molar-refractivity contribution in [3.8, 4) is 34.9 Å². The molecule has 0 aliphatic carbocycles. The van der Waals surface area contributed by atoms with Crippen molar-refractivity contribution in [1.82, 2.24) is 9.97 Å². The number of allylic oxidation sites excluding steroid dienone is 1. The van der Waals surface area contributed by atoms with E-state index in [2.05, 4.69) is 72.5 Å². The van der Waals surface area contributed by atoms with Gasteiger partial charge in [-0.25, -0.2) is 9.97 Å². The Hall–Kier alpha value is -4.10. The van der Waals surface area contributed by atoms with Crippen molar-refractivity contribution in [2.75, 3.05) is 11.9 Å². The van der Waals surface area contributed by atoms with Gasteiger partial charge in [0.15, 0.2) is 5.82 Å². The lowest BCUT2D eigenvalue weighted by atomic mass is 10.0. The number of furan rings is 1. The van der Waals surface area contributed by atoms with Gasteiger partial charge in [0.05, 0.1) is 17.5 Å². The van der Waals surface area contributed by atoms with Crippen LogP contribution in [0.5, 0.6) is 0 Å². The van der Waals surface area contributed by atoms with Crippen molar-refractivity contribution in [2.45, 2.75) is 33.6 Å². The third-order valence-corrected chi connectivity index (χ3v) is 5.62. The quantitative estimate of drug-likeness (QED) is 0.230. The average molecular weight is 448 g/mol. The summed E-state index contributed by atoms with van der Waals surface area (Å²) in [4.78, 5) is 9.47. The van der Waals surface area contributed by atoms with Crippen molar-refractivity contribution >= 4 is 11.9 Å². The van der Waals surface area contributed by atoms with Crippen LogP contribution in [-0.2, 0) is 6.42 Å². The normalized spacial score (nSPS) is 10.5. The third kappa shape index (κ3) is 5.63. The number of aromatic nitrogens is 2. The highest BCUT2D eigenvalue weighted by Crippen LogP contribution is 2.25. The topological polar surface area (TPSA) is 51.0 Å². The maximum atomic E-state index is 5.45. The first-order valence-electron chi connectivity index (χ1n) is 11.5. The summed E-state index contributed by atoms with van der Waals surface area (Å²) in [6.07, 6.45) is 12.9. The number of nitrogens with zero attached hydrogens (tertiary/aromatic N) is 2. The smallest absolute Gasteiger partial charge is 0.165 e. The van der Waals surface area contributed by atoms with Gasteiger partial charge in [0.2, 0.25) is 0 Å². The van der Waals surface area contributed by atoms with Gasteiger partial charge in [0.25, 0.3) is 0 Å². The van der Waals surface area contributed by atoms with Crippen LogP contribution in [0.3, 0.4) is 0 Å². The number of hydrogen-bond acceptors (Lipinski definition) is 4. The van der Waals surface area contributed by atoms with E-state index in [1.165, 1.54) is 22.3 Å². The molecule has 0 bridgehead atoms. The van der Waals surface area contributed by atoms with Gasteiger partial charge in [-0.1, -0.05) is 54.0 Å². The zero-order valence-corrected chi connectivity index (χ0v) is 19.9. The summed E-state index contributed by atoms with van der Waals surface area (Å²) >= 11 is 0. The maximum absolute atomic E-state index is 5.45. The van der Waals surface area contributed by atoms with Crippen LogP contribution in [0, 0.1) is 19.3 Å². The molecular weight excluding hydrogens is 418 g/mol. The number of aryl methyl sites for hydroxylation is 2. The summed E-state index contributed by atoms with van der Waals surface area (Å²) in [6, 6.07) is 18.7. The first-order chi connectivity index (χ1) is 16.5. The largest absolute Gasteiger partial charge is 0.472 e. The van der Waals surface area contributed by atoms with Crippen LogP contribution < -0.4 is 5.32 Å². The van der Waals surface area contributed by atoms with Crippen LogP contribution in [0.1, 0.15) is 42.7 Å². The summed E-state index contributed by atoms with van der Waals surface area (Å²) in [5.74, 6) is 4.19. The Bertz CT molecular complexity index is 1310. The van der Waals surface area contributed by atoms with E-state index in [9.17, 15) is 0 Å². The van der Waals surface area contributed by atoms with Gasteiger partial charge in [0, 0.05) is 17.7 Å². The van der Waals surface area contributed by atoms with Crippen LogP contribution in [0.2, 0.25) is 0 Å². The summed E-state index contributed by atoms with van der Waals surface area (Å²) in [7, 11) is 0. The van der Waals surface area contributed by atoms with Crippen LogP contribution in [0.25, 0.3) is 28.6 Å². The molecule has 0 radical (unpaired) electrons. The fourth-order valence-corrected chi connectivity index (χ4v) is 3.82. The number of benzene rings is 2. The minimum absolute atomic E-state index is 0.672. The Kier molecular flexibility index (Phi) is 7.25. The molecule has 0 fully saturated rings. The molecule has 0 saturated carbocycles. The molecule has 2 aromatic heterocycles. The van der Waals surface area contributed by atoms with Gasteiger partial charge >= 0.3 is 0 Å². The van der Waals surface area contributed by atoms with Gasteiger partial charge in [0.1, 0.15) is 12.1 Å². The molecule has 4 heteroatoms. The number of terminal acetylenes is 1. The molecule has 4 rings (SSSR count). The minimum atomic E-state index is 0.672. The first kappa shape index (κ1) is 23.1. The highest BCUT2D eigenvalue weighted by Gasteiger charge is 2.12. The standard InChI is InChI=1S/C30H29N3O/c1-5-23-8-12-25(13-9-23)26-14-10-24(11-15-26)7-6-17-31-30-28(19-21(2)3)22(4)32-29(33-30)27-16-18-34-20-27/h1,8-16,18-20H,6-7,17H2,2-4H3,(H,31,32,33). The van der Waals surface area contributed by atoms with E-state index < -0.39 is 0 Å². The lowest BCUT2D eigenvalue weighted by Gasteiger charge is -2.13.